The van der Waals surface area contributed by atoms with Gasteiger partial charge in [0, 0.05) is 13.2 Å². The molecule has 0 aliphatic rings. The number of nitrogens with zero attached hydrogens (tertiary/aromatic N) is 4. The fourth-order valence-corrected chi connectivity index (χ4v) is 2.28. The van der Waals surface area contributed by atoms with Crippen molar-refractivity contribution in [1.82, 2.24) is 19.6 Å². The van der Waals surface area contributed by atoms with Gasteiger partial charge in [0.2, 0.25) is 0 Å². The standard InChI is InChI=1S/C15H19N5O3/c1-10-4-5-12(23-10)15(2,21)8-16-13-6-11(7-22-3)19-14-17-9-18-20(13)14/h4-6,9,16,21H,7-8H2,1-3H3. The minimum atomic E-state index is -1.16. The predicted molar refractivity (Wildman–Crippen MR) is 83.0 cm³/mol. The van der Waals surface area contributed by atoms with Crippen molar-refractivity contribution in [2.75, 3.05) is 19.0 Å². The largest absolute Gasteiger partial charge is 0.463 e. The number of aryl methyl sites for hydroxylation is 1. The molecule has 0 bridgehead atoms. The molecule has 0 saturated heterocycles. The molecule has 0 amide bonds. The second kappa shape index (κ2) is 5.98. The van der Waals surface area contributed by atoms with Gasteiger partial charge in [-0.1, -0.05) is 0 Å². The van der Waals surface area contributed by atoms with Crippen molar-refractivity contribution in [2.24, 2.45) is 0 Å². The molecular weight excluding hydrogens is 298 g/mol. The summed E-state index contributed by atoms with van der Waals surface area (Å²) < 4.78 is 12.2. The fourth-order valence-electron chi connectivity index (χ4n) is 2.28. The minimum absolute atomic E-state index is 0.241. The summed E-state index contributed by atoms with van der Waals surface area (Å²) in [7, 11) is 1.60. The monoisotopic (exact) mass is 317 g/mol. The van der Waals surface area contributed by atoms with Crippen LogP contribution in [-0.2, 0) is 16.9 Å². The Hall–Kier alpha value is -2.45. The third-order valence-corrected chi connectivity index (χ3v) is 3.48. The van der Waals surface area contributed by atoms with Gasteiger partial charge >= 0.3 is 0 Å². The predicted octanol–water partition coefficient (Wildman–Crippen LogP) is 1.49. The first-order valence-electron chi connectivity index (χ1n) is 7.21. The zero-order valence-corrected chi connectivity index (χ0v) is 13.3. The molecule has 0 spiro atoms. The van der Waals surface area contributed by atoms with Crippen molar-refractivity contribution in [3.05, 3.63) is 41.7 Å². The lowest BCUT2D eigenvalue weighted by Crippen LogP contribution is -2.31. The number of methoxy groups -OCH3 is 1. The van der Waals surface area contributed by atoms with Gasteiger partial charge in [-0.05, 0) is 26.0 Å². The maximum atomic E-state index is 10.6. The average Bonchev–Trinajstić information content (AvgIpc) is 3.14. The van der Waals surface area contributed by atoms with Crippen LogP contribution in [0.2, 0.25) is 0 Å². The lowest BCUT2D eigenvalue weighted by molar-refractivity contribution is 0.0467. The van der Waals surface area contributed by atoms with E-state index in [1.807, 2.05) is 19.1 Å². The quantitative estimate of drug-likeness (QED) is 0.711. The van der Waals surface area contributed by atoms with E-state index in [2.05, 4.69) is 20.4 Å². The van der Waals surface area contributed by atoms with Crippen LogP contribution in [0, 0.1) is 6.92 Å². The van der Waals surface area contributed by atoms with Crippen molar-refractivity contribution in [2.45, 2.75) is 26.1 Å². The van der Waals surface area contributed by atoms with Crippen LogP contribution >= 0.6 is 0 Å². The Bertz CT molecular complexity index is 808. The van der Waals surface area contributed by atoms with Crippen molar-refractivity contribution >= 4 is 11.6 Å². The van der Waals surface area contributed by atoms with E-state index in [9.17, 15) is 5.11 Å². The normalized spacial score (nSPS) is 14.1. The summed E-state index contributed by atoms with van der Waals surface area (Å²) in [6, 6.07) is 5.40. The van der Waals surface area contributed by atoms with Gasteiger partial charge in [0.15, 0.2) is 0 Å². The molecule has 23 heavy (non-hydrogen) atoms. The number of aromatic nitrogens is 4. The van der Waals surface area contributed by atoms with Gasteiger partial charge in [0.25, 0.3) is 5.78 Å². The molecule has 1 unspecified atom stereocenters. The maximum absolute atomic E-state index is 10.6. The number of furan rings is 1. The summed E-state index contributed by atoms with van der Waals surface area (Å²) in [4.78, 5) is 8.43. The number of hydrogen-bond acceptors (Lipinski definition) is 7. The Kier molecular flexibility index (Phi) is 4.01. The van der Waals surface area contributed by atoms with E-state index in [0.29, 0.717) is 24.0 Å². The second-order valence-electron chi connectivity index (χ2n) is 5.58. The summed E-state index contributed by atoms with van der Waals surface area (Å²) >= 11 is 0. The van der Waals surface area contributed by atoms with Crippen LogP contribution in [0.5, 0.6) is 0 Å². The molecule has 3 aromatic heterocycles. The van der Waals surface area contributed by atoms with Crippen LogP contribution in [0.25, 0.3) is 5.78 Å². The van der Waals surface area contributed by atoms with Crippen molar-refractivity contribution < 1.29 is 14.3 Å². The summed E-state index contributed by atoms with van der Waals surface area (Å²) in [5.41, 5.74) is -0.435. The van der Waals surface area contributed by atoms with Crippen LogP contribution < -0.4 is 5.32 Å². The van der Waals surface area contributed by atoms with E-state index in [4.69, 9.17) is 9.15 Å². The highest BCUT2D eigenvalue weighted by Gasteiger charge is 2.27. The van der Waals surface area contributed by atoms with Gasteiger partial charge in [-0.25, -0.2) is 4.98 Å². The van der Waals surface area contributed by atoms with Gasteiger partial charge in [-0.15, -0.1) is 0 Å². The molecular formula is C15H19N5O3. The average molecular weight is 317 g/mol. The molecule has 3 heterocycles. The third kappa shape index (κ3) is 3.17. The van der Waals surface area contributed by atoms with Crippen LogP contribution in [0.4, 0.5) is 5.82 Å². The van der Waals surface area contributed by atoms with Crippen molar-refractivity contribution in [3.63, 3.8) is 0 Å². The van der Waals surface area contributed by atoms with Gasteiger partial charge in [-0.2, -0.15) is 14.6 Å². The highest BCUT2D eigenvalue weighted by atomic mass is 16.5. The van der Waals surface area contributed by atoms with Crippen molar-refractivity contribution in [3.8, 4) is 0 Å². The first-order valence-corrected chi connectivity index (χ1v) is 7.21. The van der Waals surface area contributed by atoms with E-state index >= 15 is 0 Å². The van der Waals surface area contributed by atoms with Crippen molar-refractivity contribution in [1.29, 1.82) is 0 Å². The molecule has 0 aliphatic heterocycles. The molecule has 0 saturated carbocycles. The molecule has 0 radical (unpaired) electrons. The molecule has 0 fully saturated rings. The maximum Gasteiger partial charge on any atom is 0.254 e. The highest BCUT2D eigenvalue weighted by Crippen LogP contribution is 2.23. The topological polar surface area (TPSA) is 97.7 Å². The van der Waals surface area contributed by atoms with Crippen LogP contribution in [0.1, 0.15) is 24.1 Å². The second-order valence-corrected chi connectivity index (χ2v) is 5.58. The first kappa shape index (κ1) is 15.4. The Labute approximate surface area is 133 Å². The highest BCUT2D eigenvalue weighted by molar-refractivity contribution is 5.45. The zero-order chi connectivity index (χ0) is 16.4. The smallest absolute Gasteiger partial charge is 0.254 e. The van der Waals surface area contributed by atoms with E-state index in [0.717, 1.165) is 11.5 Å². The van der Waals surface area contributed by atoms with Gasteiger partial charge in [0.05, 0.1) is 18.8 Å². The Morgan fingerprint density at radius 3 is 2.96 bits per heavy atom. The minimum Gasteiger partial charge on any atom is -0.463 e. The molecule has 3 rings (SSSR count). The first-order chi connectivity index (χ1) is 11.0. The van der Waals surface area contributed by atoms with Gasteiger partial charge in [-0.3, -0.25) is 0 Å². The van der Waals surface area contributed by atoms with Crippen LogP contribution in [0.3, 0.4) is 0 Å². The van der Waals surface area contributed by atoms with Crippen LogP contribution in [0.15, 0.2) is 28.9 Å². The SMILES string of the molecule is COCc1cc(NCC(C)(O)c2ccc(C)o2)n2ncnc2n1. The van der Waals surface area contributed by atoms with E-state index < -0.39 is 5.60 Å². The fraction of sp³-hybridized carbons (Fsp3) is 0.400. The lowest BCUT2D eigenvalue weighted by atomic mass is 10.0. The Morgan fingerprint density at radius 2 is 2.26 bits per heavy atom. The number of fused-ring (bicyclic) bond motifs is 1. The lowest BCUT2D eigenvalue weighted by Gasteiger charge is -2.22. The summed E-state index contributed by atoms with van der Waals surface area (Å²) in [6.07, 6.45) is 1.43. The Morgan fingerprint density at radius 1 is 1.43 bits per heavy atom. The third-order valence-electron chi connectivity index (χ3n) is 3.48. The molecule has 0 aliphatic carbocycles. The number of hydrogen-bond donors (Lipinski definition) is 2. The summed E-state index contributed by atoms with van der Waals surface area (Å²) in [5, 5.41) is 17.9. The van der Waals surface area contributed by atoms with E-state index in [-0.39, 0.29) is 6.54 Å². The van der Waals surface area contributed by atoms with E-state index in [1.165, 1.54) is 6.33 Å². The molecule has 0 aromatic carbocycles. The number of rotatable bonds is 6. The number of aliphatic hydroxyl groups is 1. The molecule has 1 atom stereocenters. The number of anilines is 1. The molecule has 2 N–H and O–H groups in total. The summed E-state index contributed by atoms with van der Waals surface area (Å²) in [6.45, 7) is 4.14. The van der Waals surface area contributed by atoms with E-state index in [1.54, 1.807) is 24.6 Å². The number of nitrogens with one attached hydrogen (secondary N) is 1. The van der Waals surface area contributed by atoms with Gasteiger partial charge < -0.3 is 19.6 Å². The zero-order valence-electron chi connectivity index (χ0n) is 13.3. The molecule has 3 aromatic rings. The molecule has 8 nitrogen and oxygen atoms in total. The van der Waals surface area contributed by atoms with Crippen LogP contribution in [-0.4, -0.2) is 38.3 Å². The summed E-state index contributed by atoms with van der Waals surface area (Å²) in [5.74, 6) is 2.40. The Balaban J connectivity index is 1.84. The molecule has 8 heteroatoms. The molecule has 122 valence electrons. The number of ether oxygens (including phenoxy) is 1. The van der Waals surface area contributed by atoms with Gasteiger partial charge in [0.1, 0.15) is 29.3 Å².